The van der Waals surface area contributed by atoms with Crippen molar-refractivity contribution in [3.05, 3.63) is 59.7 Å². The van der Waals surface area contributed by atoms with Crippen LogP contribution in [0.1, 0.15) is 41.1 Å². The molecule has 27 heavy (non-hydrogen) atoms. The minimum absolute atomic E-state index is 0.392. The smallest absolute Gasteiger partial charge is 0.341 e. The van der Waals surface area contributed by atoms with Crippen molar-refractivity contribution in [3.63, 3.8) is 0 Å². The molecule has 0 bridgehead atoms. The Morgan fingerprint density at radius 3 is 2.74 bits per heavy atom. The van der Waals surface area contributed by atoms with Crippen molar-refractivity contribution < 1.29 is 23.2 Å². The molecule has 0 aliphatic carbocycles. The van der Waals surface area contributed by atoms with Crippen molar-refractivity contribution >= 4 is 5.97 Å². The first-order valence-electron chi connectivity index (χ1n) is 8.98. The van der Waals surface area contributed by atoms with Crippen molar-refractivity contribution in [2.75, 3.05) is 13.7 Å². The number of esters is 1. The zero-order chi connectivity index (χ0) is 19.1. The van der Waals surface area contributed by atoms with Gasteiger partial charge in [0.15, 0.2) is 0 Å². The highest BCUT2D eigenvalue weighted by Gasteiger charge is 2.15. The molecule has 0 atom stereocenters. The number of hydrogen-bond acceptors (Lipinski definition) is 6. The fourth-order valence-electron chi connectivity index (χ4n) is 2.82. The Kier molecular flexibility index (Phi) is 6.30. The highest BCUT2D eigenvalue weighted by atomic mass is 16.5. The van der Waals surface area contributed by atoms with Crippen LogP contribution < -0.4 is 4.74 Å². The molecule has 0 aliphatic heterocycles. The van der Waals surface area contributed by atoms with E-state index in [1.807, 2.05) is 25.1 Å². The van der Waals surface area contributed by atoms with Gasteiger partial charge in [0.05, 0.1) is 25.7 Å². The van der Waals surface area contributed by atoms with E-state index in [-0.39, 0.29) is 0 Å². The number of furan rings is 1. The third-order valence-electron chi connectivity index (χ3n) is 4.19. The van der Waals surface area contributed by atoms with Gasteiger partial charge in [-0.15, -0.1) is 0 Å². The van der Waals surface area contributed by atoms with E-state index in [4.69, 9.17) is 18.4 Å². The Labute approximate surface area is 158 Å². The maximum Gasteiger partial charge on any atom is 0.341 e. The van der Waals surface area contributed by atoms with Crippen LogP contribution in [0.4, 0.5) is 0 Å². The van der Waals surface area contributed by atoms with Gasteiger partial charge in [-0.1, -0.05) is 5.16 Å². The normalized spacial score (nSPS) is 10.7. The van der Waals surface area contributed by atoms with Crippen LogP contribution in [0.15, 0.2) is 51.6 Å². The quantitative estimate of drug-likeness (QED) is 0.397. The molecule has 6 heteroatoms. The summed E-state index contributed by atoms with van der Waals surface area (Å²) in [6, 6.07) is 11.0. The molecule has 6 nitrogen and oxygen atoms in total. The molecule has 2 heterocycles. The van der Waals surface area contributed by atoms with Gasteiger partial charge in [0.1, 0.15) is 22.8 Å². The number of aromatic nitrogens is 1. The maximum absolute atomic E-state index is 12.1. The maximum atomic E-state index is 12.1. The fraction of sp³-hybridized carbons (Fsp3) is 0.333. The molecule has 3 rings (SSSR count). The van der Waals surface area contributed by atoms with E-state index in [1.54, 1.807) is 24.5 Å². The summed E-state index contributed by atoms with van der Waals surface area (Å²) < 4.78 is 21.3. The number of rotatable bonds is 9. The van der Waals surface area contributed by atoms with Crippen LogP contribution in [0.25, 0.3) is 11.3 Å². The number of carbonyl (C=O) groups is 1. The number of ether oxygens (including phenoxy) is 2. The highest BCUT2D eigenvalue weighted by molar-refractivity contribution is 5.93. The third kappa shape index (κ3) is 5.00. The second-order valence-corrected chi connectivity index (χ2v) is 6.27. The first-order chi connectivity index (χ1) is 13.2. The third-order valence-corrected chi connectivity index (χ3v) is 4.19. The number of unbranched alkanes of at least 4 members (excludes halogenated alkanes) is 2. The van der Waals surface area contributed by atoms with Crippen molar-refractivity contribution in [3.8, 4) is 17.1 Å². The van der Waals surface area contributed by atoms with Crippen molar-refractivity contribution in [2.24, 2.45) is 0 Å². The molecule has 3 aromatic rings. The molecule has 0 unspecified atom stereocenters. The summed E-state index contributed by atoms with van der Waals surface area (Å²) in [5.74, 6) is 1.69. The standard InChI is InChI=1S/C21H23NO5/c1-15-13-17(27-22-15)7-4-3-5-11-26-20-10-9-16(19-8-6-12-25-19)14-18(20)21(23)24-2/h6,8-10,12-14H,3-5,7,11H2,1-2H3. The lowest BCUT2D eigenvalue weighted by molar-refractivity contribution is 0.0596. The molecule has 0 spiro atoms. The van der Waals surface area contributed by atoms with Crippen LogP contribution in [0.5, 0.6) is 5.75 Å². The van der Waals surface area contributed by atoms with E-state index < -0.39 is 5.97 Å². The zero-order valence-electron chi connectivity index (χ0n) is 15.6. The van der Waals surface area contributed by atoms with Gasteiger partial charge < -0.3 is 18.4 Å². The Balaban J connectivity index is 1.53. The molecule has 2 aromatic heterocycles. The summed E-state index contributed by atoms with van der Waals surface area (Å²) in [7, 11) is 1.36. The molecule has 0 amide bonds. The number of nitrogens with zero attached hydrogens (tertiary/aromatic N) is 1. The van der Waals surface area contributed by atoms with Gasteiger partial charge in [-0.3, -0.25) is 0 Å². The van der Waals surface area contributed by atoms with Crippen LogP contribution in [-0.2, 0) is 11.2 Å². The molecule has 0 saturated heterocycles. The molecule has 0 N–H and O–H groups in total. The van der Waals surface area contributed by atoms with Crippen LogP contribution in [0, 0.1) is 6.92 Å². The Morgan fingerprint density at radius 1 is 1.15 bits per heavy atom. The predicted molar refractivity (Wildman–Crippen MR) is 99.8 cm³/mol. The predicted octanol–water partition coefficient (Wildman–Crippen LogP) is 4.82. The molecule has 0 saturated carbocycles. The lowest BCUT2D eigenvalue weighted by Crippen LogP contribution is -2.07. The van der Waals surface area contributed by atoms with Crippen molar-refractivity contribution in [1.29, 1.82) is 0 Å². The van der Waals surface area contributed by atoms with Gasteiger partial charge in [-0.05, 0) is 56.5 Å². The topological polar surface area (TPSA) is 74.7 Å². The Hall–Kier alpha value is -3.02. The average Bonchev–Trinajstić information content (AvgIpc) is 3.36. The van der Waals surface area contributed by atoms with E-state index in [1.165, 1.54) is 7.11 Å². The number of benzene rings is 1. The summed E-state index contributed by atoms with van der Waals surface area (Å²) in [4.78, 5) is 12.1. The summed E-state index contributed by atoms with van der Waals surface area (Å²) >= 11 is 0. The number of aryl methyl sites for hydroxylation is 2. The Morgan fingerprint density at radius 2 is 2.04 bits per heavy atom. The molecule has 0 radical (unpaired) electrons. The van der Waals surface area contributed by atoms with Crippen molar-refractivity contribution in [1.82, 2.24) is 5.16 Å². The zero-order valence-corrected chi connectivity index (χ0v) is 15.6. The molecule has 142 valence electrons. The van der Waals surface area contributed by atoms with E-state index in [0.29, 0.717) is 23.7 Å². The number of hydrogen-bond donors (Lipinski definition) is 0. The number of methoxy groups -OCH3 is 1. The fourth-order valence-corrected chi connectivity index (χ4v) is 2.82. The summed E-state index contributed by atoms with van der Waals surface area (Å²) in [6.07, 6.45) is 5.34. The lowest BCUT2D eigenvalue weighted by Gasteiger charge is -2.11. The van der Waals surface area contributed by atoms with Crippen LogP contribution in [0.2, 0.25) is 0 Å². The number of carbonyl (C=O) groups excluding carboxylic acids is 1. The van der Waals surface area contributed by atoms with E-state index >= 15 is 0 Å². The van der Waals surface area contributed by atoms with Gasteiger partial charge in [-0.25, -0.2) is 4.79 Å². The minimum atomic E-state index is -0.431. The average molecular weight is 369 g/mol. The second kappa shape index (κ2) is 9.07. The summed E-state index contributed by atoms with van der Waals surface area (Å²) in [5, 5.41) is 3.88. The van der Waals surface area contributed by atoms with E-state index in [2.05, 4.69) is 5.16 Å². The molecular weight excluding hydrogens is 346 g/mol. The summed E-state index contributed by atoms with van der Waals surface area (Å²) in [5.41, 5.74) is 2.10. The monoisotopic (exact) mass is 369 g/mol. The molecule has 0 aliphatic rings. The first kappa shape index (κ1) is 18.8. The second-order valence-electron chi connectivity index (χ2n) is 6.27. The molecule has 0 fully saturated rings. The lowest BCUT2D eigenvalue weighted by atomic mass is 10.1. The SMILES string of the molecule is COC(=O)c1cc(-c2ccco2)ccc1OCCCCCc1cc(C)no1. The van der Waals surface area contributed by atoms with Crippen molar-refractivity contribution in [2.45, 2.75) is 32.6 Å². The summed E-state index contributed by atoms with van der Waals surface area (Å²) in [6.45, 7) is 2.44. The minimum Gasteiger partial charge on any atom is -0.493 e. The van der Waals surface area contributed by atoms with E-state index in [9.17, 15) is 4.79 Å². The molecule has 1 aromatic carbocycles. The van der Waals surface area contributed by atoms with Crippen LogP contribution >= 0.6 is 0 Å². The van der Waals surface area contributed by atoms with Crippen LogP contribution in [-0.4, -0.2) is 24.8 Å². The van der Waals surface area contributed by atoms with Gasteiger partial charge >= 0.3 is 5.97 Å². The van der Waals surface area contributed by atoms with Gasteiger partial charge in [0, 0.05) is 18.1 Å². The highest BCUT2D eigenvalue weighted by Crippen LogP contribution is 2.28. The van der Waals surface area contributed by atoms with Gasteiger partial charge in [0.25, 0.3) is 0 Å². The molecular formula is C21H23NO5. The first-order valence-corrected chi connectivity index (χ1v) is 8.98. The Bertz CT molecular complexity index is 867. The van der Waals surface area contributed by atoms with E-state index in [0.717, 1.165) is 42.7 Å². The largest absolute Gasteiger partial charge is 0.493 e. The van der Waals surface area contributed by atoms with Crippen LogP contribution in [0.3, 0.4) is 0 Å². The van der Waals surface area contributed by atoms with Gasteiger partial charge in [0.2, 0.25) is 0 Å². The van der Waals surface area contributed by atoms with Gasteiger partial charge in [-0.2, -0.15) is 0 Å².